The Balaban J connectivity index is 2.15. The van der Waals surface area contributed by atoms with Crippen LogP contribution in [-0.4, -0.2) is 29.6 Å². The third-order valence-corrected chi connectivity index (χ3v) is 3.47. The first-order valence-electron chi connectivity index (χ1n) is 6.55. The Kier molecular flexibility index (Phi) is 4.34. The second-order valence-corrected chi connectivity index (χ2v) is 5.09. The number of piperidine rings is 1. The highest BCUT2D eigenvalue weighted by Gasteiger charge is 2.26. The molecule has 1 aliphatic heterocycles. The van der Waals surface area contributed by atoms with Gasteiger partial charge in [0.25, 0.3) is 0 Å². The summed E-state index contributed by atoms with van der Waals surface area (Å²) in [5, 5.41) is 14.6. The van der Waals surface area contributed by atoms with Gasteiger partial charge in [0, 0.05) is 0 Å². The average Bonchev–Trinajstić information content (AvgIpc) is 2.38. The molecule has 0 bridgehead atoms. The van der Waals surface area contributed by atoms with Gasteiger partial charge in [-0.2, -0.15) is 0 Å². The minimum Gasteiger partial charge on any atom is -0.478 e. The number of amides is 1. The number of carboxylic acid groups (broad SMARTS) is 1. The number of hydrogen-bond donors (Lipinski definition) is 3. The monoisotopic (exact) mass is 280 g/mol. The summed E-state index contributed by atoms with van der Waals surface area (Å²) in [5.74, 6) is -2.16. The average molecular weight is 280 g/mol. The molecule has 2 unspecified atom stereocenters. The van der Waals surface area contributed by atoms with E-state index in [1.165, 1.54) is 12.1 Å². The van der Waals surface area contributed by atoms with Gasteiger partial charge in [0.05, 0.1) is 11.7 Å². The fraction of sp³-hybridized carbons (Fsp3) is 0.429. The van der Waals surface area contributed by atoms with E-state index in [9.17, 15) is 14.0 Å². The molecular weight excluding hydrogens is 263 g/mol. The normalized spacial score (nSPS) is 22.3. The molecule has 0 spiro atoms. The fourth-order valence-electron chi connectivity index (χ4n) is 2.37. The maximum Gasteiger partial charge on any atom is 0.340 e. The third kappa shape index (κ3) is 3.14. The van der Waals surface area contributed by atoms with Crippen molar-refractivity contribution < 1.29 is 19.1 Å². The standard InChI is InChI=1S/C14H17FN2O3/c1-8-5-6-16-11(7-8)13(18)17-10-4-2-3-9(15)12(10)14(19)20/h2-4,8,11,16H,5-7H2,1H3,(H,17,18)(H,19,20). The molecule has 1 fully saturated rings. The highest BCUT2D eigenvalue weighted by Crippen LogP contribution is 2.21. The van der Waals surface area contributed by atoms with Crippen LogP contribution in [0.3, 0.4) is 0 Å². The van der Waals surface area contributed by atoms with Crippen LogP contribution < -0.4 is 10.6 Å². The third-order valence-electron chi connectivity index (χ3n) is 3.47. The molecule has 1 aliphatic rings. The van der Waals surface area contributed by atoms with Crippen molar-refractivity contribution in [2.75, 3.05) is 11.9 Å². The zero-order valence-electron chi connectivity index (χ0n) is 11.1. The summed E-state index contributed by atoms with van der Waals surface area (Å²) in [6.07, 6.45) is 1.69. The predicted octanol–water partition coefficient (Wildman–Crippen LogP) is 1.85. The van der Waals surface area contributed by atoms with Crippen LogP contribution >= 0.6 is 0 Å². The number of nitrogens with one attached hydrogen (secondary N) is 2. The molecule has 6 heteroatoms. The van der Waals surface area contributed by atoms with Crippen molar-refractivity contribution in [3.05, 3.63) is 29.6 Å². The van der Waals surface area contributed by atoms with Crippen LogP contribution in [0, 0.1) is 11.7 Å². The lowest BCUT2D eigenvalue weighted by Crippen LogP contribution is -2.45. The maximum absolute atomic E-state index is 13.5. The summed E-state index contributed by atoms with van der Waals surface area (Å²) < 4.78 is 13.5. The van der Waals surface area contributed by atoms with Crippen LogP contribution in [0.1, 0.15) is 30.1 Å². The van der Waals surface area contributed by atoms with Gasteiger partial charge in [0.2, 0.25) is 5.91 Å². The lowest BCUT2D eigenvalue weighted by Gasteiger charge is -2.27. The molecule has 1 aromatic rings. The summed E-state index contributed by atoms with van der Waals surface area (Å²) >= 11 is 0. The van der Waals surface area contributed by atoms with E-state index in [0.29, 0.717) is 12.3 Å². The van der Waals surface area contributed by atoms with Crippen LogP contribution in [0.2, 0.25) is 0 Å². The van der Waals surface area contributed by atoms with Crippen molar-refractivity contribution in [3.63, 3.8) is 0 Å². The molecule has 1 heterocycles. The molecule has 1 saturated heterocycles. The zero-order valence-corrected chi connectivity index (χ0v) is 11.1. The summed E-state index contributed by atoms with van der Waals surface area (Å²) in [6.45, 7) is 2.81. The number of benzene rings is 1. The molecule has 0 aliphatic carbocycles. The number of rotatable bonds is 3. The van der Waals surface area contributed by atoms with E-state index in [2.05, 4.69) is 17.6 Å². The van der Waals surface area contributed by atoms with Gasteiger partial charge in [-0.15, -0.1) is 0 Å². The smallest absolute Gasteiger partial charge is 0.340 e. The van der Waals surface area contributed by atoms with Crippen molar-refractivity contribution >= 4 is 17.6 Å². The molecule has 0 aromatic heterocycles. The van der Waals surface area contributed by atoms with E-state index in [-0.39, 0.29) is 17.6 Å². The Morgan fingerprint density at radius 1 is 1.45 bits per heavy atom. The number of hydrogen-bond acceptors (Lipinski definition) is 3. The van der Waals surface area contributed by atoms with Gasteiger partial charge in [0.15, 0.2) is 0 Å². The summed E-state index contributed by atoms with van der Waals surface area (Å²) in [5.41, 5.74) is -0.521. The largest absolute Gasteiger partial charge is 0.478 e. The fourth-order valence-corrected chi connectivity index (χ4v) is 2.37. The van der Waals surface area contributed by atoms with Crippen LogP contribution in [0.5, 0.6) is 0 Å². The Morgan fingerprint density at radius 3 is 2.85 bits per heavy atom. The molecular formula is C14H17FN2O3. The summed E-state index contributed by atoms with van der Waals surface area (Å²) in [6, 6.07) is 3.44. The molecule has 20 heavy (non-hydrogen) atoms. The second kappa shape index (κ2) is 6.00. The van der Waals surface area contributed by atoms with Crippen LogP contribution in [0.4, 0.5) is 10.1 Å². The van der Waals surface area contributed by atoms with Crippen molar-refractivity contribution in [2.24, 2.45) is 5.92 Å². The molecule has 1 aromatic carbocycles. The van der Waals surface area contributed by atoms with E-state index in [0.717, 1.165) is 19.0 Å². The molecule has 3 N–H and O–H groups in total. The number of carboxylic acids is 1. The number of halogens is 1. The van der Waals surface area contributed by atoms with Crippen molar-refractivity contribution in [1.82, 2.24) is 5.32 Å². The molecule has 108 valence electrons. The van der Waals surface area contributed by atoms with E-state index in [1.807, 2.05) is 0 Å². The Labute approximate surface area is 116 Å². The Bertz CT molecular complexity index is 533. The molecule has 2 rings (SSSR count). The highest BCUT2D eigenvalue weighted by atomic mass is 19.1. The predicted molar refractivity (Wildman–Crippen MR) is 72.2 cm³/mol. The molecule has 1 amide bonds. The summed E-state index contributed by atoms with van der Waals surface area (Å²) in [7, 11) is 0. The second-order valence-electron chi connectivity index (χ2n) is 5.09. The van der Waals surface area contributed by atoms with Crippen molar-refractivity contribution in [3.8, 4) is 0 Å². The quantitative estimate of drug-likeness (QED) is 0.789. The SMILES string of the molecule is CC1CCNC(C(=O)Nc2cccc(F)c2C(=O)O)C1. The molecule has 0 saturated carbocycles. The Morgan fingerprint density at radius 2 is 2.20 bits per heavy atom. The van der Waals surface area contributed by atoms with Gasteiger partial charge >= 0.3 is 5.97 Å². The minimum atomic E-state index is -1.40. The first-order chi connectivity index (χ1) is 9.49. The molecule has 2 atom stereocenters. The van der Waals surface area contributed by atoms with E-state index in [1.54, 1.807) is 0 Å². The van der Waals surface area contributed by atoms with Gasteiger partial charge in [0.1, 0.15) is 11.4 Å². The maximum atomic E-state index is 13.5. The highest BCUT2D eigenvalue weighted by molar-refractivity contribution is 6.02. The van der Waals surface area contributed by atoms with Gasteiger partial charge in [-0.1, -0.05) is 13.0 Å². The first-order valence-corrected chi connectivity index (χ1v) is 6.55. The lowest BCUT2D eigenvalue weighted by atomic mass is 9.94. The van der Waals surface area contributed by atoms with Crippen LogP contribution in [-0.2, 0) is 4.79 Å². The van der Waals surface area contributed by atoms with E-state index in [4.69, 9.17) is 5.11 Å². The Hall–Kier alpha value is -1.95. The van der Waals surface area contributed by atoms with Gasteiger partial charge in [-0.3, -0.25) is 4.79 Å². The zero-order chi connectivity index (χ0) is 14.7. The summed E-state index contributed by atoms with van der Waals surface area (Å²) in [4.78, 5) is 23.2. The minimum absolute atomic E-state index is 0.0115. The number of carbonyl (C=O) groups excluding carboxylic acids is 1. The van der Waals surface area contributed by atoms with Gasteiger partial charge < -0.3 is 15.7 Å². The van der Waals surface area contributed by atoms with E-state index >= 15 is 0 Å². The molecule has 0 radical (unpaired) electrons. The number of aromatic carboxylic acids is 1. The van der Waals surface area contributed by atoms with Crippen molar-refractivity contribution in [2.45, 2.75) is 25.8 Å². The van der Waals surface area contributed by atoms with Crippen LogP contribution in [0.15, 0.2) is 18.2 Å². The van der Waals surface area contributed by atoms with Gasteiger partial charge in [-0.05, 0) is 37.4 Å². The van der Waals surface area contributed by atoms with Gasteiger partial charge in [-0.25, -0.2) is 9.18 Å². The topological polar surface area (TPSA) is 78.4 Å². The van der Waals surface area contributed by atoms with E-state index < -0.39 is 17.3 Å². The number of carbonyl (C=O) groups is 2. The first kappa shape index (κ1) is 14.5. The van der Waals surface area contributed by atoms with Crippen LogP contribution in [0.25, 0.3) is 0 Å². The van der Waals surface area contributed by atoms with Crippen molar-refractivity contribution in [1.29, 1.82) is 0 Å². The number of anilines is 1. The lowest BCUT2D eigenvalue weighted by molar-refractivity contribution is -0.119. The molecule has 5 nitrogen and oxygen atoms in total.